The molecule has 1 N–H and O–H groups in total. The lowest BCUT2D eigenvalue weighted by molar-refractivity contribution is -0.113. The topological polar surface area (TPSA) is 84.9 Å². The van der Waals surface area contributed by atoms with Gasteiger partial charge in [-0.15, -0.1) is 11.8 Å². The van der Waals surface area contributed by atoms with Gasteiger partial charge in [-0.2, -0.15) is 4.31 Å². The first-order chi connectivity index (χ1) is 14.4. The van der Waals surface area contributed by atoms with Gasteiger partial charge in [-0.3, -0.25) is 4.79 Å². The van der Waals surface area contributed by atoms with Gasteiger partial charge in [0, 0.05) is 23.0 Å². The van der Waals surface area contributed by atoms with E-state index in [-0.39, 0.29) is 16.6 Å². The van der Waals surface area contributed by atoms with E-state index in [9.17, 15) is 13.2 Å². The van der Waals surface area contributed by atoms with Crippen LogP contribution in [0.25, 0.3) is 0 Å². The molecule has 1 saturated heterocycles. The predicted molar refractivity (Wildman–Crippen MR) is 118 cm³/mol. The molecule has 1 heterocycles. The number of carbonyl (C=O) groups is 1. The molecule has 0 spiro atoms. The molecular formula is C20H23ClN2O5S2. The predicted octanol–water partition coefficient (Wildman–Crippen LogP) is 3.49. The summed E-state index contributed by atoms with van der Waals surface area (Å²) >= 11 is 7.23. The Balaban J connectivity index is 1.75. The number of anilines is 1. The molecule has 0 unspecified atom stereocenters. The van der Waals surface area contributed by atoms with Crippen LogP contribution in [0.2, 0.25) is 5.02 Å². The van der Waals surface area contributed by atoms with Crippen LogP contribution in [0.3, 0.4) is 0 Å². The summed E-state index contributed by atoms with van der Waals surface area (Å²) in [6.45, 7) is 3.53. The summed E-state index contributed by atoms with van der Waals surface area (Å²) in [6.07, 6.45) is 0. The standard InChI is InChI=1S/C20H23ClN2O5S2/c1-2-28-19-8-7-17(30(25,26)23-9-11-27-12-10-23)13-18(19)22-20(24)14-29-16-5-3-15(21)4-6-16/h3-8,13H,2,9-12,14H2,1H3,(H,22,24). The van der Waals surface area contributed by atoms with Crippen LogP contribution in [0.15, 0.2) is 52.3 Å². The van der Waals surface area contributed by atoms with E-state index in [0.29, 0.717) is 49.4 Å². The number of carbonyl (C=O) groups excluding carboxylic acids is 1. The quantitative estimate of drug-likeness (QED) is 0.594. The van der Waals surface area contributed by atoms with E-state index in [4.69, 9.17) is 21.1 Å². The summed E-state index contributed by atoms with van der Waals surface area (Å²) in [5.41, 5.74) is 0.327. The highest BCUT2D eigenvalue weighted by Crippen LogP contribution is 2.30. The van der Waals surface area contributed by atoms with Crippen molar-refractivity contribution >= 4 is 45.0 Å². The van der Waals surface area contributed by atoms with Crippen LogP contribution >= 0.6 is 23.4 Å². The van der Waals surface area contributed by atoms with Crippen molar-refractivity contribution in [3.8, 4) is 5.75 Å². The molecule has 0 radical (unpaired) electrons. The van der Waals surface area contributed by atoms with E-state index in [1.807, 2.05) is 19.1 Å². The van der Waals surface area contributed by atoms with Crippen molar-refractivity contribution in [3.63, 3.8) is 0 Å². The SMILES string of the molecule is CCOc1ccc(S(=O)(=O)N2CCOCC2)cc1NC(=O)CSc1ccc(Cl)cc1. The zero-order chi connectivity index (χ0) is 21.6. The van der Waals surface area contributed by atoms with Crippen molar-refractivity contribution < 1.29 is 22.7 Å². The molecule has 2 aromatic rings. The summed E-state index contributed by atoms with van der Waals surface area (Å²) < 4.78 is 38.0. The first kappa shape index (κ1) is 22.9. The Hall–Kier alpha value is -1.78. The molecule has 1 amide bonds. The summed E-state index contributed by atoms with van der Waals surface area (Å²) in [4.78, 5) is 13.5. The van der Waals surface area contributed by atoms with Crippen LogP contribution in [0, 0.1) is 0 Å². The normalized spacial score (nSPS) is 15.0. The Morgan fingerprint density at radius 1 is 1.20 bits per heavy atom. The van der Waals surface area contributed by atoms with Gasteiger partial charge in [0.05, 0.1) is 36.2 Å². The number of ether oxygens (including phenoxy) is 2. The minimum absolute atomic E-state index is 0.105. The Labute approximate surface area is 185 Å². The van der Waals surface area contributed by atoms with Crippen LogP contribution in [0.4, 0.5) is 5.69 Å². The van der Waals surface area contributed by atoms with Gasteiger partial charge < -0.3 is 14.8 Å². The molecule has 0 aliphatic carbocycles. The zero-order valence-corrected chi connectivity index (χ0v) is 18.9. The van der Waals surface area contributed by atoms with Gasteiger partial charge in [0.1, 0.15) is 5.75 Å². The second-order valence-corrected chi connectivity index (χ2v) is 9.82. The van der Waals surface area contributed by atoms with E-state index >= 15 is 0 Å². The molecule has 162 valence electrons. The summed E-state index contributed by atoms with van der Waals surface area (Å²) in [6, 6.07) is 11.7. The highest BCUT2D eigenvalue weighted by atomic mass is 35.5. The average molecular weight is 471 g/mol. The van der Waals surface area contributed by atoms with Crippen molar-refractivity contribution in [3.05, 3.63) is 47.5 Å². The molecule has 3 rings (SSSR count). The van der Waals surface area contributed by atoms with Crippen LogP contribution in [-0.4, -0.2) is 57.3 Å². The molecule has 0 bridgehead atoms. The Morgan fingerprint density at radius 2 is 1.90 bits per heavy atom. The van der Waals surface area contributed by atoms with Gasteiger partial charge in [-0.1, -0.05) is 11.6 Å². The molecular weight excluding hydrogens is 448 g/mol. The third-order valence-electron chi connectivity index (χ3n) is 4.32. The smallest absolute Gasteiger partial charge is 0.243 e. The zero-order valence-electron chi connectivity index (χ0n) is 16.5. The summed E-state index contributed by atoms with van der Waals surface area (Å²) in [5, 5.41) is 3.40. The molecule has 0 saturated carbocycles. The molecule has 10 heteroatoms. The number of hydrogen-bond acceptors (Lipinski definition) is 6. The lowest BCUT2D eigenvalue weighted by Crippen LogP contribution is -2.40. The minimum atomic E-state index is -3.68. The molecule has 0 atom stereocenters. The number of morpholine rings is 1. The number of amides is 1. The Kier molecular flexibility index (Phi) is 8.01. The monoisotopic (exact) mass is 470 g/mol. The van der Waals surface area contributed by atoms with Crippen molar-refractivity contribution in [2.24, 2.45) is 0 Å². The maximum Gasteiger partial charge on any atom is 0.243 e. The van der Waals surface area contributed by atoms with Crippen LogP contribution < -0.4 is 10.1 Å². The number of rotatable bonds is 8. The number of sulfonamides is 1. The van der Waals surface area contributed by atoms with Crippen molar-refractivity contribution in [2.45, 2.75) is 16.7 Å². The van der Waals surface area contributed by atoms with Crippen LogP contribution in [-0.2, 0) is 19.6 Å². The van der Waals surface area contributed by atoms with Crippen molar-refractivity contribution in [2.75, 3.05) is 44.0 Å². The van der Waals surface area contributed by atoms with Gasteiger partial charge in [0.15, 0.2) is 0 Å². The fraction of sp³-hybridized carbons (Fsp3) is 0.350. The van der Waals surface area contributed by atoms with Gasteiger partial charge in [-0.25, -0.2) is 8.42 Å². The van der Waals surface area contributed by atoms with E-state index < -0.39 is 10.0 Å². The highest BCUT2D eigenvalue weighted by Gasteiger charge is 2.27. The third kappa shape index (κ3) is 5.89. The van der Waals surface area contributed by atoms with Crippen LogP contribution in [0.5, 0.6) is 5.75 Å². The fourth-order valence-corrected chi connectivity index (χ4v) is 5.11. The lowest BCUT2D eigenvalue weighted by atomic mass is 10.3. The average Bonchev–Trinajstić information content (AvgIpc) is 2.75. The summed E-state index contributed by atoms with van der Waals surface area (Å²) in [7, 11) is -3.68. The van der Waals surface area contributed by atoms with Crippen molar-refractivity contribution in [1.29, 1.82) is 0 Å². The molecule has 7 nitrogen and oxygen atoms in total. The first-order valence-corrected chi connectivity index (χ1v) is 12.2. The third-order valence-corrected chi connectivity index (χ3v) is 7.47. The van der Waals surface area contributed by atoms with Crippen LogP contribution in [0.1, 0.15) is 6.92 Å². The number of benzene rings is 2. The Bertz CT molecular complexity index is 977. The molecule has 0 aromatic heterocycles. The van der Waals surface area contributed by atoms with Gasteiger partial charge in [0.25, 0.3) is 0 Å². The van der Waals surface area contributed by atoms with E-state index in [1.165, 1.54) is 28.2 Å². The second kappa shape index (κ2) is 10.5. The van der Waals surface area contributed by atoms with Crippen molar-refractivity contribution in [1.82, 2.24) is 4.31 Å². The highest BCUT2D eigenvalue weighted by molar-refractivity contribution is 8.00. The maximum absolute atomic E-state index is 12.9. The number of nitrogens with one attached hydrogen (secondary N) is 1. The second-order valence-electron chi connectivity index (χ2n) is 6.40. The molecule has 30 heavy (non-hydrogen) atoms. The van der Waals surface area contributed by atoms with E-state index in [2.05, 4.69) is 5.32 Å². The first-order valence-electron chi connectivity index (χ1n) is 9.43. The number of hydrogen-bond donors (Lipinski definition) is 1. The molecule has 1 fully saturated rings. The maximum atomic E-state index is 12.9. The molecule has 1 aliphatic rings. The van der Waals surface area contributed by atoms with Gasteiger partial charge >= 0.3 is 0 Å². The number of nitrogens with zero attached hydrogens (tertiary/aromatic N) is 1. The largest absolute Gasteiger partial charge is 0.492 e. The van der Waals surface area contributed by atoms with E-state index in [0.717, 1.165) is 4.90 Å². The lowest BCUT2D eigenvalue weighted by Gasteiger charge is -2.26. The minimum Gasteiger partial charge on any atom is -0.492 e. The van der Waals surface area contributed by atoms with Gasteiger partial charge in [0.2, 0.25) is 15.9 Å². The fourth-order valence-electron chi connectivity index (χ4n) is 2.85. The summed E-state index contributed by atoms with van der Waals surface area (Å²) in [5.74, 6) is 0.313. The Morgan fingerprint density at radius 3 is 2.57 bits per heavy atom. The van der Waals surface area contributed by atoms with Gasteiger partial charge in [-0.05, 0) is 49.4 Å². The molecule has 2 aromatic carbocycles. The number of halogens is 1. The van der Waals surface area contributed by atoms with E-state index in [1.54, 1.807) is 18.2 Å². The molecule has 1 aliphatic heterocycles. The number of thioether (sulfide) groups is 1.